The molecular weight excluding hydrogens is 352 g/mol. The molecule has 0 aliphatic carbocycles. The van der Waals surface area contributed by atoms with Crippen molar-refractivity contribution in [2.24, 2.45) is 4.99 Å². The van der Waals surface area contributed by atoms with Crippen molar-refractivity contribution >= 4 is 5.96 Å². The number of ether oxygens (including phenoxy) is 2. The number of aliphatic imine (C=N–C) groups is 1. The molecule has 0 radical (unpaired) electrons. The Balaban J connectivity index is 2.30. The number of hydrogen-bond acceptors (Lipinski definition) is 4. The maximum absolute atomic E-state index is 5.97. The molecule has 2 N–H and O–H groups in total. The standard InChI is InChI=1S/C22H40N4O2/c1-6-23-22(24-16-12-8-7-9-13-17-26(3)4)25-18-19(2)28-21-15-11-10-14-20(21)27-5/h10-11,14-15,19H,6-9,12-13,16-18H2,1-5H3,(H2,23,24,25). The second-order valence-electron chi connectivity index (χ2n) is 7.30. The van der Waals surface area contributed by atoms with Gasteiger partial charge in [0.15, 0.2) is 17.5 Å². The minimum atomic E-state index is -0.0385. The minimum absolute atomic E-state index is 0.0385. The van der Waals surface area contributed by atoms with Crippen LogP contribution < -0.4 is 20.1 Å². The van der Waals surface area contributed by atoms with Crippen LogP contribution >= 0.6 is 0 Å². The third-order valence-corrected chi connectivity index (χ3v) is 4.32. The van der Waals surface area contributed by atoms with Crippen LogP contribution in [-0.2, 0) is 0 Å². The van der Waals surface area contributed by atoms with Gasteiger partial charge in [0, 0.05) is 13.1 Å². The molecular formula is C22H40N4O2. The SMILES string of the molecule is CCNC(=NCC(C)Oc1ccccc1OC)NCCCCCCCN(C)C. The average molecular weight is 393 g/mol. The Labute approximate surface area is 171 Å². The van der Waals surface area contributed by atoms with Crippen molar-refractivity contribution < 1.29 is 9.47 Å². The van der Waals surface area contributed by atoms with E-state index in [0.29, 0.717) is 6.54 Å². The molecule has 6 nitrogen and oxygen atoms in total. The van der Waals surface area contributed by atoms with Gasteiger partial charge < -0.3 is 25.0 Å². The van der Waals surface area contributed by atoms with Gasteiger partial charge in [-0.15, -0.1) is 0 Å². The summed E-state index contributed by atoms with van der Waals surface area (Å²) >= 11 is 0. The number of nitrogens with zero attached hydrogens (tertiary/aromatic N) is 2. The number of unbranched alkanes of at least 4 members (excludes halogenated alkanes) is 4. The Morgan fingerprint density at radius 1 is 1.04 bits per heavy atom. The smallest absolute Gasteiger partial charge is 0.191 e. The number of guanidine groups is 1. The summed E-state index contributed by atoms with van der Waals surface area (Å²) < 4.78 is 11.3. The molecule has 1 aromatic rings. The molecule has 0 spiro atoms. The third kappa shape index (κ3) is 11.0. The first-order chi connectivity index (χ1) is 13.6. The molecule has 0 saturated carbocycles. The minimum Gasteiger partial charge on any atom is -0.493 e. The first-order valence-electron chi connectivity index (χ1n) is 10.5. The lowest BCUT2D eigenvalue weighted by atomic mass is 10.1. The summed E-state index contributed by atoms with van der Waals surface area (Å²) in [4.78, 5) is 6.90. The highest BCUT2D eigenvalue weighted by Crippen LogP contribution is 2.26. The van der Waals surface area contributed by atoms with Crippen LogP contribution in [-0.4, -0.2) is 64.3 Å². The lowest BCUT2D eigenvalue weighted by Gasteiger charge is -2.16. The van der Waals surface area contributed by atoms with Gasteiger partial charge in [0.2, 0.25) is 0 Å². The van der Waals surface area contributed by atoms with Crippen molar-refractivity contribution in [3.63, 3.8) is 0 Å². The normalized spacial score (nSPS) is 12.7. The van der Waals surface area contributed by atoms with Gasteiger partial charge in [0.1, 0.15) is 6.10 Å². The van der Waals surface area contributed by atoms with E-state index in [1.165, 1.54) is 38.6 Å². The van der Waals surface area contributed by atoms with Gasteiger partial charge in [-0.3, -0.25) is 0 Å². The quantitative estimate of drug-likeness (QED) is 0.288. The molecule has 28 heavy (non-hydrogen) atoms. The first kappa shape index (κ1) is 24.1. The first-order valence-corrected chi connectivity index (χ1v) is 10.5. The molecule has 1 unspecified atom stereocenters. The maximum Gasteiger partial charge on any atom is 0.191 e. The fourth-order valence-electron chi connectivity index (χ4n) is 2.82. The summed E-state index contributed by atoms with van der Waals surface area (Å²) in [6.07, 6.45) is 6.28. The fourth-order valence-corrected chi connectivity index (χ4v) is 2.82. The van der Waals surface area contributed by atoms with E-state index in [9.17, 15) is 0 Å². The number of nitrogens with one attached hydrogen (secondary N) is 2. The van der Waals surface area contributed by atoms with Crippen LogP contribution in [0, 0.1) is 0 Å². The predicted molar refractivity (Wildman–Crippen MR) is 119 cm³/mol. The molecule has 6 heteroatoms. The molecule has 1 atom stereocenters. The third-order valence-electron chi connectivity index (χ3n) is 4.32. The van der Waals surface area contributed by atoms with Crippen LogP contribution in [0.2, 0.25) is 0 Å². The summed E-state index contributed by atoms with van der Waals surface area (Å²) in [5, 5.41) is 6.72. The topological polar surface area (TPSA) is 58.1 Å². The van der Waals surface area contributed by atoms with Crippen LogP contribution in [0.4, 0.5) is 0 Å². The monoisotopic (exact) mass is 392 g/mol. The fraction of sp³-hybridized carbons (Fsp3) is 0.682. The molecule has 160 valence electrons. The van der Waals surface area contributed by atoms with Crippen LogP contribution in [0.3, 0.4) is 0 Å². The molecule has 0 bridgehead atoms. The average Bonchev–Trinajstić information content (AvgIpc) is 2.68. The van der Waals surface area contributed by atoms with Gasteiger partial charge in [0.25, 0.3) is 0 Å². The highest BCUT2D eigenvalue weighted by molar-refractivity contribution is 5.79. The molecule has 0 aromatic heterocycles. The van der Waals surface area contributed by atoms with Gasteiger partial charge in [-0.1, -0.05) is 31.4 Å². The van der Waals surface area contributed by atoms with E-state index in [1.807, 2.05) is 31.2 Å². The van der Waals surface area contributed by atoms with Gasteiger partial charge >= 0.3 is 0 Å². The highest BCUT2D eigenvalue weighted by atomic mass is 16.5. The zero-order valence-corrected chi connectivity index (χ0v) is 18.5. The number of benzene rings is 1. The Hall–Kier alpha value is -1.95. The van der Waals surface area contributed by atoms with Crippen LogP contribution in [0.15, 0.2) is 29.3 Å². The van der Waals surface area contributed by atoms with Gasteiger partial charge in [-0.2, -0.15) is 0 Å². The van der Waals surface area contributed by atoms with E-state index in [4.69, 9.17) is 9.47 Å². The zero-order chi connectivity index (χ0) is 20.6. The Bertz CT molecular complexity index is 549. The molecule has 0 heterocycles. The summed E-state index contributed by atoms with van der Waals surface area (Å²) in [6.45, 7) is 7.66. The zero-order valence-electron chi connectivity index (χ0n) is 18.5. The van der Waals surface area contributed by atoms with Crippen LogP contribution in [0.25, 0.3) is 0 Å². The summed E-state index contributed by atoms with van der Waals surface area (Å²) in [5.41, 5.74) is 0. The lowest BCUT2D eigenvalue weighted by Crippen LogP contribution is -2.38. The second kappa shape index (κ2) is 15.0. The van der Waals surface area contributed by atoms with Crippen molar-refractivity contribution in [2.75, 3.05) is 47.4 Å². The molecule has 0 fully saturated rings. The van der Waals surface area contributed by atoms with E-state index < -0.39 is 0 Å². The largest absolute Gasteiger partial charge is 0.493 e. The summed E-state index contributed by atoms with van der Waals surface area (Å²) in [5.74, 6) is 2.35. The van der Waals surface area contributed by atoms with Gasteiger partial charge in [0.05, 0.1) is 13.7 Å². The van der Waals surface area contributed by atoms with Gasteiger partial charge in [-0.25, -0.2) is 4.99 Å². The number of rotatable bonds is 14. The number of para-hydroxylation sites is 2. The van der Waals surface area contributed by atoms with E-state index in [0.717, 1.165) is 30.5 Å². The summed E-state index contributed by atoms with van der Waals surface area (Å²) in [6, 6.07) is 7.70. The Morgan fingerprint density at radius 2 is 1.71 bits per heavy atom. The predicted octanol–water partition coefficient (Wildman–Crippen LogP) is 3.53. The van der Waals surface area contributed by atoms with Crippen molar-refractivity contribution in [3.8, 4) is 11.5 Å². The van der Waals surface area contributed by atoms with Crippen molar-refractivity contribution in [1.82, 2.24) is 15.5 Å². The highest BCUT2D eigenvalue weighted by Gasteiger charge is 2.08. The van der Waals surface area contributed by atoms with E-state index >= 15 is 0 Å². The van der Waals surface area contributed by atoms with E-state index in [1.54, 1.807) is 7.11 Å². The van der Waals surface area contributed by atoms with E-state index in [-0.39, 0.29) is 6.10 Å². The molecule has 0 saturated heterocycles. The molecule has 0 aliphatic heterocycles. The van der Waals surface area contributed by atoms with Crippen molar-refractivity contribution in [3.05, 3.63) is 24.3 Å². The van der Waals surface area contributed by atoms with E-state index in [2.05, 4.69) is 41.5 Å². The van der Waals surface area contributed by atoms with Crippen molar-refractivity contribution in [2.45, 2.75) is 52.1 Å². The van der Waals surface area contributed by atoms with Crippen LogP contribution in [0.5, 0.6) is 11.5 Å². The Morgan fingerprint density at radius 3 is 2.39 bits per heavy atom. The second-order valence-corrected chi connectivity index (χ2v) is 7.30. The number of methoxy groups -OCH3 is 1. The number of hydrogen-bond donors (Lipinski definition) is 2. The van der Waals surface area contributed by atoms with Crippen molar-refractivity contribution in [1.29, 1.82) is 0 Å². The van der Waals surface area contributed by atoms with Gasteiger partial charge in [-0.05, 0) is 59.5 Å². The maximum atomic E-state index is 5.97. The van der Waals surface area contributed by atoms with Crippen LogP contribution in [0.1, 0.15) is 46.0 Å². The molecule has 0 amide bonds. The molecule has 1 rings (SSSR count). The summed E-state index contributed by atoms with van der Waals surface area (Å²) in [7, 11) is 5.92. The molecule has 0 aliphatic rings. The molecule has 1 aromatic carbocycles. The Kier molecular flexibility index (Phi) is 12.9. The lowest BCUT2D eigenvalue weighted by molar-refractivity contribution is 0.219.